The fraction of sp³-hybridized carbons (Fsp3) is 0.208. The number of ether oxygens (including phenoxy) is 1. The normalized spacial score (nSPS) is 15.7. The minimum atomic E-state index is -4.50. The second-order valence-corrected chi connectivity index (χ2v) is 9.93. The third-order valence-electron chi connectivity index (χ3n) is 6.00. The molecule has 1 N–H and O–H groups in total. The summed E-state index contributed by atoms with van der Waals surface area (Å²) in [5, 5.41) is 11.5. The van der Waals surface area contributed by atoms with Gasteiger partial charge in [0.25, 0.3) is 10.0 Å². The molecule has 0 fully saturated rings. The lowest BCUT2D eigenvalue weighted by Crippen LogP contribution is -2.19. The van der Waals surface area contributed by atoms with Gasteiger partial charge in [-0.3, -0.25) is 9.40 Å². The standard InChI is InChI=1S/C24H20F3N5O3S/c1-32-21(8-11-29-32)20-13-15(24(25,26)27)4-6-17(20)18-9-12-35-22-14-16(5-7-19(18)22)36(33,34)31-23-3-2-10-28-30-23/h2-8,10-11,13-14,18H,9,12H2,1H3,(H,30,31)/t18-/m0/s1. The summed E-state index contributed by atoms with van der Waals surface area (Å²) in [6.45, 7) is 0.268. The predicted molar refractivity (Wildman–Crippen MR) is 125 cm³/mol. The lowest BCUT2D eigenvalue weighted by Gasteiger charge is -2.28. The molecule has 1 aliphatic heterocycles. The van der Waals surface area contributed by atoms with Gasteiger partial charge in [-0.15, -0.1) is 5.10 Å². The first-order valence-corrected chi connectivity index (χ1v) is 12.4. The van der Waals surface area contributed by atoms with E-state index in [2.05, 4.69) is 20.0 Å². The van der Waals surface area contributed by atoms with Gasteiger partial charge in [0.2, 0.25) is 0 Å². The van der Waals surface area contributed by atoms with Crippen molar-refractivity contribution in [1.29, 1.82) is 0 Å². The van der Waals surface area contributed by atoms with E-state index in [1.807, 2.05) is 0 Å². The molecule has 0 bridgehead atoms. The number of aromatic nitrogens is 4. The van der Waals surface area contributed by atoms with E-state index < -0.39 is 21.8 Å². The topological polar surface area (TPSA) is 99.0 Å². The van der Waals surface area contributed by atoms with Crippen LogP contribution in [0.25, 0.3) is 11.3 Å². The van der Waals surface area contributed by atoms with Gasteiger partial charge in [-0.25, -0.2) is 8.42 Å². The molecule has 1 atom stereocenters. The van der Waals surface area contributed by atoms with E-state index in [4.69, 9.17) is 4.74 Å². The molecule has 0 amide bonds. The van der Waals surface area contributed by atoms with Gasteiger partial charge >= 0.3 is 6.18 Å². The Morgan fingerprint density at radius 3 is 2.56 bits per heavy atom. The number of fused-ring (bicyclic) bond motifs is 1. The molecule has 0 saturated heterocycles. The number of hydrogen-bond donors (Lipinski definition) is 1. The highest BCUT2D eigenvalue weighted by atomic mass is 32.2. The second kappa shape index (κ2) is 8.94. The smallest absolute Gasteiger partial charge is 0.416 e. The van der Waals surface area contributed by atoms with Gasteiger partial charge in [-0.2, -0.15) is 23.4 Å². The molecule has 0 unspecified atom stereocenters. The fourth-order valence-electron chi connectivity index (χ4n) is 4.31. The molecule has 0 aliphatic carbocycles. The van der Waals surface area contributed by atoms with Crippen molar-refractivity contribution >= 4 is 15.8 Å². The number of sulfonamides is 1. The predicted octanol–water partition coefficient (Wildman–Crippen LogP) is 4.61. The molecule has 2 aromatic heterocycles. The van der Waals surface area contributed by atoms with Crippen LogP contribution in [0.5, 0.6) is 5.75 Å². The average Bonchev–Trinajstić information content (AvgIpc) is 3.28. The number of hydrogen-bond acceptors (Lipinski definition) is 6. The highest BCUT2D eigenvalue weighted by molar-refractivity contribution is 7.92. The zero-order valence-corrected chi connectivity index (χ0v) is 19.7. The molecule has 0 saturated carbocycles. The molecule has 12 heteroatoms. The molecule has 36 heavy (non-hydrogen) atoms. The number of nitrogens with one attached hydrogen (secondary N) is 1. The summed E-state index contributed by atoms with van der Waals surface area (Å²) in [7, 11) is -2.30. The van der Waals surface area contributed by atoms with Crippen LogP contribution in [0.3, 0.4) is 0 Å². The molecule has 3 heterocycles. The van der Waals surface area contributed by atoms with Crippen LogP contribution in [0.15, 0.2) is 71.9 Å². The molecule has 186 valence electrons. The Balaban J connectivity index is 1.56. The van der Waals surface area contributed by atoms with Crippen LogP contribution in [0, 0.1) is 0 Å². The maximum Gasteiger partial charge on any atom is 0.416 e. The number of halogens is 3. The van der Waals surface area contributed by atoms with Gasteiger partial charge in [0, 0.05) is 42.6 Å². The minimum Gasteiger partial charge on any atom is -0.493 e. The number of aryl methyl sites for hydroxylation is 1. The highest BCUT2D eigenvalue weighted by Crippen LogP contribution is 2.44. The Morgan fingerprint density at radius 2 is 1.86 bits per heavy atom. The SMILES string of the molecule is Cn1nccc1-c1cc(C(F)(F)F)ccc1[C@@H]1CCOc2cc(S(=O)(=O)Nc3cccnn3)ccc21. The molecule has 0 radical (unpaired) electrons. The van der Waals surface area contributed by atoms with Crippen LogP contribution < -0.4 is 9.46 Å². The first-order valence-electron chi connectivity index (χ1n) is 10.9. The summed E-state index contributed by atoms with van der Waals surface area (Å²) < 4.78 is 76.0. The van der Waals surface area contributed by atoms with Gasteiger partial charge < -0.3 is 4.74 Å². The number of anilines is 1. The third-order valence-corrected chi connectivity index (χ3v) is 7.35. The largest absolute Gasteiger partial charge is 0.493 e. The molecule has 8 nitrogen and oxygen atoms in total. The lowest BCUT2D eigenvalue weighted by atomic mass is 9.83. The zero-order valence-electron chi connectivity index (χ0n) is 18.9. The Bertz CT molecular complexity index is 1520. The van der Waals surface area contributed by atoms with Gasteiger partial charge in [0.15, 0.2) is 5.82 Å². The Kier molecular flexibility index (Phi) is 5.91. The lowest BCUT2D eigenvalue weighted by molar-refractivity contribution is -0.137. The third kappa shape index (κ3) is 4.51. The molecular weight excluding hydrogens is 495 g/mol. The molecule has 2 aromatic carbocycles. The van der Waals surface area contributed by atoms with Crippen molar-refractivity contribution in [3.8, 4) is 17.0 Å². The number of rotatable bonds is 5. The molecule has 5 rings (SSSR count). The van der Waals surface area contributed by atoms with E-state index >= 15 is 0 Å². The maximum absolute atomic E-state index is 13.5. The van der Waals surface area contributed by atoms with Crippen LogP contribution in [0.2, 0.25) is 0 Å². The minimum absolute atomic E-state index is 0.0353. The van der Waals surface area contributed by atoms with Crippen molar-refractivity contribution in [3.63, 3.8) is 0 Å². The van der Waals surface area contributed by atoms with Crippen molar-refractivity contribution in [3.05, 3.63) is 83.7 Å². The van der Waals surface area contributed by atoms with Crippen LogP contribution in [0.1, 0.15) is 29.0 Å². The molecule has 4 aromatic rings. The summed E-state index contributed by atoms with van der Waals surface area (Å²) in [6, 6.07) is 12.8. The number of alkyl halides is 3. The first-order chi connectivity index (χ1) is 17.1. The fourth-order valence-corrected chi connectivity index (χ4v) is 5.32. The molecule has 1 aliphatic rings. The van der Waals surface area contributed by atoms with E-state index in [1.165, 1.54) is 41.3 Å². The number of nitrogens with zero attached hydrogens (tertiary/aromatic N) is 4. The molecule has 0 spiro atoms. The van der Waals surface area contributed by atoms with E-state index in [-0.39, 0.29) is 23.2 Å². The van der Waals surface area contributed by atoms with E-state index in [1.54, 1.807) is 25.2 Å². The monoisotopic (exact) mass is 515 g/mol. The van der Waals surface area contributed by atoms with Crippen LogP contribution in [-0.4, -0.2) is 35.0 Å². The summed E-state index contributed by atoms with van der Waals surface area (Å²) >= 11 is 0. The Hall–Kier alpha value is -3.93. The zero-order chi connectivity index (χ0) is 25.5. The summed E-state index contributed by atoms with van der Waals surface area (Å²) in [6.07, 6.45) is -1.05. The van der Waals surface area contributed by atoms with Crippen LogP contribution >= 0.6 is 0 Å². The van der Waals surface area contributed by atoms with Crippen molar-refractivity contribution in [2.75, 3.05) is 11.3 Å². The van der Waals surface area contributed by atoms with Gasteiger partial charge in [0.05, 0.1) is 22.8 Å². The average molecular weight is 516 g/mol. The van der Waals surface area contributed by atoms with Crippen molar-refractivity contribution in [2.24, 2.45) is 7.05 Å². The van der Waals surface area contributed by atoms with Crippen molar-refractivity contribution < 1.29 is 26.3 Å². The first kappa shape index (κ1) is 23.8. The maximum atomic E-state index is 13.5. The summed E-state index contributed by atoms with van der Waals surface area (Å²) in [5.74, 6) is 0.106. The van der Waals surface area contributed by atoms with Crippen LogP contribution in [-0.2, 0) is 23.2 Å². The quantitative estimate of drug-likeness (QED) is 0.417. The van der Waals surface area contributed by atoms with E-state index in [0.717, 1.165) is 12.1 Å². The van der Waals surface area contributed by atoms with Crippen LogP contribution in [0.4, 0.5) is 19.0 Å². The van der Waals surface area contributed by atoms with E-state index in [0.29, 0.717) is 34.6 Å². The van der Waals surface area contributed by atoms with Gasteiger partial charge in [-0.1, -0.05) is 12.1 Å². The second-order valence-electron chi connectivity index (χ2n) is 8.24. The van der Waals surface area contributed by atoms with Gasteiger partial charge in [-0.05, 0) is 48.4 Å². The van der Waals surface area contributed by atoms with Crippen molar-refractivity contribution in [2.45, 2.75) is 23.4 Å². The highest BCUT2D eigenvalue weighted by Gasteiger charge is 2.33. The Labute approximate surface area is 204 Å². The van der Waals surface area contributed by atoms with Gasteiger partial charge in [0.1, 0.15) is 5.75 Å². The summed E-state index contributed by atoms with van der Waals surface area (Å²) in [5.41, 5.74) is 1.54. The summed E-state index contributed by atoms with van der Waals surface area (Å²) in [4.78, 5) is -0.0353. The number of benzene rings is 2. The Morgan fingerprint density at radius 1 is 1.06 bits per heavy atom. The molecular formula is C24H20F3N5O3S. The van der Waals surface area contributed by atoms with Crippen molar-refractivity contribution in [1.82, 2.24) is 20.0 Å². The van der Waals surface area contributed by atoms with E-state index in [9.17, 15) is 21.6 Å².